The Morgan fingerprint density at radius 3 is 2.08 bits per heavy atom. The van der Waals surface area contributed by atoms with Gasteiger partial charge in [-0.25, -0.2) is 0 Å². The SMILES string of the molecule is NC(=S)c1c(Cl)ccc(Cl)c1Cl. The maximum atomic E-state index is 5.81. The van der Waals surface area contributed by atoms with Gasteiger partial charge >= 0.3 is 0 Å². The summed E-state index contributed by atoms with van der Waals surface area (Å²) in [6.45, 7) is 0. The van der Waals surface area contributed by atoms with Crippen LogP contribution in [0, 0.1) is 0 Å². The van der Waals surface area contributed by atoms with Crippen molar-refractivity contribution < 1.29 is 0 Å². The first kappa shape index (κ1) is 10.1. The topological polar surface area (TPSA) is 26.0 Å². The maximum absolute atomic E-state index is 5.81. The summed E-state index contributed by atoms with van der Waals surface area (Å²) in [6.07, 6.45) is 0. The zero-order chi connectivity index (χ0) is 9.30. The molecule has 0 bridgehead atoms. The van der Waals surface area contributed by atoms with Crippen LogP contribution in [0.4, 0.5) is 0 Å². The fraction of sp³-hybridized carbons (Fsp3) is 0. The molecule has 1 aromatic rings. The Morgan fingerprint density at radius 2 is 1.67 bits per heavy atom. The highest BCUT2D eigenvalue weighted by Crippen LogP contribution is 2.30. The molecule has 0 atom stereocenters. The predicted molar refractivity (Wildman–Crippen MR) is 57.4 cm³/mol. The molecule has 1 rings (SSSR count). The van der Waals surface area contributed by atoms with Crippen molar-refractivity contribution in [3.63, 3.8) is 0 Å². The van der Waals surface area contributed by atoms with Gasteiger partial charge in [-0.1, -0.05) is 47.0 Å². The van der Waals surface area contributed by atoms with E-state index in [-0.39, 0.29) is 4.99 Å². The predicted octanol–water partition coefficient (Wildman–Crippen LogP) is 3.28. The van der Waals surface area contributed by atoms with Gasteiger partial charge in [0.1, 0.15) is 4.99 Å². The summed E-state index contributed by atoms with van der Waals surface area (Å²) >= 11 is 22.1. The van der Waals surface area contributed by atoms with Crippen LogP contribution in [-0.2, 0) is 0 Å². The summed E-state index contributed by atoms with van der Waals surface area (Å²) in [5.41, 5.74) is 5.82. The van der Waals surface area contributed by atoms with E-state index in [1.165, 1.54) is 0 Å². The van der Waals surface area contributed by atoms with Crippen molar-refractivity contribution in [3.8, 4) is 0 Å². The Kier molecular flexibility index (Phi) is 3.18. The third kappa shape index (κ3) is 1.83. The van der Waals surface area contributed by atoms with Gasteiger partial charge in [-0.2, -0.15) is 0 Å². The summed E-state index contributed by atoms with van der Waals surface area (Å²) in [4.78, 5) is 0.146. The van der Waals surface area contributed by atoms with Gasteiger partial charge in [-0.05, 0) is 12.1 Å². The first-order valence-corrected chi connectivity index (χ1v) is 4.51. The second-order valence-corrected chi connectivity index (χ2v) is 3.71. The number of thiocarbonyl (C=S) groups is 1. The quantitative estimate of drug-likeness (QED) is 0.602. The van der Waals surface area contributed by atoms with E-state index in [4.69, 9.17) is 52.8 Å². The summed E-state index contributed by atoms with van der Waals surface area (Å²) in [7, 11) is 0. The molecule has 0 aromatic heterocycles. The normalized spacial score (nSPS) is 9.92. The van der Waals surface area contributed by atoms with Crippen LogP contribution >= 0.6 is 47.0 Å². The number of halogens is 3. The van der Waals surface area contributed by atoms with E-state index in [0.717, 1.165) is 0 Å². The van der Waals surface area contributed by atoms with Crippen molar-refractivity contribution in [2.24, 2.45) is 5.73 Å². The monoisotopic (exact) mass is 239 g/mol. The highest BCUT2D eigenvalue weighted by molar-refractivity contribution is 7.80. The third-order valence-corrected chi connectivity index (χ3v) is 2.61. The van der Waals surface area contributed by atoms with Crippen LogP contribution in [0.1, 0.15) is 5.56 Å². The van der Waals surface area contributed by atoms with Gasteiger partial charge in [-0.15, -0.1) is 0 Å². The minimum absolute atomic E-state index is 0.146. The average molecular weight is 241 g/mol. The Morgan fingerprint density at radius 1 is 1.17 bits per heavy atom. The standard InChI is InChI=1S/C7H4Cl3NS/c8-3-1-2-4(9)6(10)5(3)7(11)12/h1-2H,(H2,11,12). The van der Waals surface area contributed by atoms with Gasteiger partial charge in [0.15, 0.2) is 0 Å². The molecule has 2 N–H and O–H groups in total. The van der Waals surface area contributed by atoms with Crippen LogP contribution in [0.15, 0.2) is 12.1 Å². The molecule has 0 fully saturated rings. The second-order valence-electron chi connectivity index (χ2n) is 2.08. The molecule has 0 spiro atoms. The van der Waals surface area contributed by atoms with Crippen molar-refractivity contribution in [1.29, 1.82) is 0 Å². The lowest BCUT2D eigenvalue weighted by Gasteiger charge is -2.05. The van der Waals surface area contributed by atoms with E-state index in [1.807, 2.05) is 0 Å². The second kappa shape index (κ2) is 3.79. The molecule has 0 unspecified atom stereocenters. The highest BCUT2D eigenvalue weighted by Gasteiger charge is 2.11. The Bertz CT molecular complexity index is 338. The zero-order valence-corrected chi connectivity index (χ0v) is 8.86. The molecule has 1 nitrogen and oxygen atoms in total. The molecule has 0 saturated carbocycles. The van der Waals surface area contributed by atoms with Crippen LogP contribution < -0.4 is 5.73 Å². The first-order valence-electron chi connectivity index (χ1n) is 2.97. The van der Waals surface area contributed by atoms with Crippen molar-refractivity contribution in [2.75, 3.05) is 0 Å². The van der Waals surface area contributed by atoms with E-state index < -0.39 is 0 Å². The van der Waals surface area contributed by atoms with Crippen LogP contribution in [-0.4, -0.2) is 4.99 Å². The summed E-state index contributed by atoms with van der Waals surface area (Å²) in [6, 6.07) is 3.19. The Labute approximate surface area is 90.4 Å². The number of nitrogens with two attached hydrogens (primary N) is 1. The summed E-state index contributed by atoms with van der Waals surface area (Å²) < 4.78 is 0. The molecular weight excluding hydrogens is 237 g/mol. The molecule has 0 aliphatic rings. The lowest BCUT2D eigenvalue weighted by atomic mass is 10.2. The Hall–Kier alpha value is -0.0200. The van der Waals surface area contributed by atoms with Crippen LogP contribution in [0.5, 0.6) is 0 Å². The number of hydrogen-bond donors (Lipinski definition) is 1. The molecule has 0 heterocycles. The zero-order valence-electron chi connectivity index (χ0n) is 5.77. The molecular formula is C7H4Cl3NS. The van der Waals surface area contributed by atoms with Crippen LogP contribution in [0.25, 0.3) is 0 Å². The number of hydrogen-bond acceptors (Lipinski definition) is 1. The molecule has 1 aromatic carbocycles. The van der Waals surface area contributed by atoms with Gasteiger partial charge in [0.2, 0.25) is 0 Å². The number of benzene rings is 1. The average Bonchev–Trinajstić information content (AvgIpc) is 1.97. The van der Waals surface area contributed by atoms with Crippen molar-refractivity contribution >= 4 is 52.0 Å². The highest BCUT2D eigenvalue weighted by atomic mass is 35.5. The fourth-order valence-electron chi connectivity index (χ4n) is 0.753. The van der Waals surface area contributed by atoms with E-state index in [1.54, 1.807) is 12.1 Å². The molecule has 12 heavy (non-hydrogen) atoms. The maximum Gasteiger partial charge on any atom is 0.107 e. The summed E-state index contributed by atoms with van der Waals surface area (Å²) in [5, 5.41) is 1.11. The third-order valence-electron chi connectivity index (χ3n) is 1.29. The molecule has 0 saturated heterocycles. The van der Waals surface area contributed by atoms with Gasteiger partial charge in [0, 0.05) is 5.56 Å². The minimum atomic E-state index is 0.146. The number of rotatable bonds is 1. The van der Waals surface area contributed by atoms with Crippen molar-refractivity contribution in [2.45, 2.75) is 0 Å². The van der Waals surface area contributed by atoms with E-state index in [9.17, 15) is 0 Å². The van der Waals surface area contributed by atoms with Crippen LogP contribution in [0.2, 0.25) is 15.1 Å². The van der Waals surface area contributed by atoms with Gasteiger partial charge in [0.05, 0.1) is 15.1 Å². The molecule has 0 aliphatic carbocycles. The van der Waals surface area contributed by atoms with E-state index in [0.29, 0.717) is 20.6 Å². The van der Waals surface area contributed by atoms with E-state index in [2.05, 4.69) is 0 Å². The smallest absolute Gasteiger partial charge is 0.107 e. The lowest BCUT2D eigenvalue weighted by Crippen LogP contribution is -2.10. The van der Waals surface area contributed by atoms with E-state index >= 15 is 0 Å². The largest absolute Gasteiger partial charge is 0.389 e. The van der Waals surface area contributed by atoms with Gasteiger partial charge < -0.3 is 5.73 Å². The molecule has 0 radical (unpaired) electrons. The fourth-order valence-corrected chi connectivity index (χ4v) is 1.81. The molecule has 0 amide bonds. The first-order chi connectivity index (χ1) is 5.54. The Balaban J connectivity index is 3.43. The molecule has 64 valence electrons. The van der Waals surface area contributed by atoms with Gasteiger partial charge in [-0.3, -0.25) is 0 Å². The summed E-state index contributed by atoms with van der Waals surface area (Å²) in [5.74, 6) is 0. The lowest BCUT2D eigenvalue weighted by molar-refractivity contribution is 1.62. The van der Waals surface area contributed by atoms with Crippen molar-refractivity contribution in [3.05, 3.63) is 32.8 Å². The van der Waals surface area contributed by atoms with Gasteiger partial charge in [0.25, 0.3) is 0 Å². The minimum Gasteiger partial charge on any atom is -0.389 e. The molecule has 0 aliphatic heterocycles. The molecule has 5 heteroatoms. The van der Waals surface area contributed by atoms with Crippen molar-refractivity contribution in [1.82, 2.24) is 0 Å². The van der Waals surface area contributed by atoms with Crippen LogP contribution in [0.3, 0.4) is 0 Å².